The number of alkyl halides is 1. The van der Waals surface area contributed by atoms with E-state index in [1.807, 2.05) is 0 Å². The molecule has 0 radical (unpaired) electrons. The van der Waals surface area contributed by atoms with Crippen LogP contribution in [0.5, 0.6) is 0 Å². The van der Waals surface area contributed by atoms with Gasteiger partial charge in [-0.25, -0.2) is 9.18 Å². The monoisotopic (exact) mass is 206 g/mol. The van der Waals surface area contributed by atoms with Crippen LogP contribution in [0.4, 0.5) is 4.39 Å². The van der Waals surface area contributed by atoms with Crippen molar-refractivity contribution in [2.24, 2.45) is 0 Å². The van der Waals surface area contributed by atoms with Crippen LogP contribution < -0.4 is 0 Å². The predicted octanol–water partition coefficient (Wildman–Crippen LogP) is 1.04. The van der Waals surface area contributed by atoms with Crippen LogP contribution in [0.1, 0.15) is 20.8 Å². The molecule has 1 aliphatic rings. The van der Waals surface area contributed by atoms with Crippen LogP contribution in [0.3, 0.4) is 0 Å². The van der Waals surface area contributed by atoms with Gasteiger partial charge < -0.3 is 14.2 Å². The van der Waals surface area contributed by atoms with E-state index in [2.05, 4.69) is 4.74 Å². The molecule has 0 aromatic carbocycles. The number of carbonyl (C=O) groups excluding carboxylic acids is 1. The van der Waals surface area contributed by atoms with Crippen LogP contribution in [0.25, 0.3) is 0 Å². The summed E-state index contributed by atoms with van der Waals surface area (Å²) in [5, 5.41) is 0. The molecule has 0 bridgehead atoms. The molecule has 0 unspecified atom stereocenters. The van der Waals surface area contributed by atoms with Gasteiger partial charge >= 0.3 is 5.97 Å². The molecular weight excluding hydrogens is 191 g/mol. The molecule has 0 N–H and O–H groups in total. The number of carbonyl (C=O) groups is 1. The lowest BCUT2D eigenvalue weighted by Gasteiger charge is -2.24. The van der Waals surface area contributed by atoms with Gasteiger partial charge in [-0.15, -0.1) is 0 Å². The van der Waals surface area contributed by atoms with Crippen molar-refractivity contribution in [2.45, 2.75) is 38.3 Å². The first-order chi connectivity index (χ1) is 6.29. The van der Waals surface area contributed by atoms with Crippen molar-refractivity contribution < 1.29 is 23.4 Å². The Labute approximate surface area is 82.3 Å². The minimum absolute atomic E-state index is 0.0507. The number of methoxy groups -OCH3 is 1. The third-order valence-corrected chi connectivity index (χ3v) is 2.20. The number of hydrogen-bond acceptors (Lipinski definition) is 4. The Balaban J connectivity index is 2.71. The quantitative estimate of drug-likeness (QED) is 0.633. The van der Waals surface area contributed by atoms with E-state index in [-0.39, 0.29) is 6.61 Å². The van der Waals surface area contributed by atoms with E-state index >= 15 is 0 Å². The lowest BCUT2D eigenvalue weighted by atomic mass is 10.0. The molecule has 0 amide bonds. The highest BCUT2D eigenvalue weighted by molar-refractivity contribution is 5.79. The highest BCUT2D eigenvalue weighted by atomic mass is 19.1. The number of hydrogen-bond donors (Lipinski definition) is 0. The molecule has 1 heterocycles. The average molecular weight is 206 g/mol. The molecule has 1 rings (SSSR count). The molecule has 14 heavy (non-hydrogen) atoms. The zero-order valence-corrected chi connectivity index (χ0v) is 8.80. The fourth-order valence-corrected chi connectivity index (χ4v) is 1.29. The van der Waals surface area contributed by atoms with Crippen LogP contribution in [-0.4, -0.2) is 37.2 Å². The first-order valence-corrected chi connectivity index (χ1v) is 4.39. The lowest BCUT2D eigenvalue weighted by Crippen LogP contribution is -2.45. The maximum Gasteiger partial charge on any atom is 0.346 e. The van der Waals surface area contributed by atoms with E-state index in [0.717, 1.165) is 14.0 Å². The predicted molar refractivity (Wildman–Crippen MR) is 46.4 cm³/mol. The van der Waals surface area contributed by atoms with Gasteiger partial charge in [0, 0.05) is 0 Å². The van der Waals surface area contributed by atoms with Crippen LogP contribution in [-0.2, 0) is 19.0 Å². The molecule has 0 aliphatic carbocycles. The minimum Gasteiger partial charge on any atom is -0.467 e. The van der Waals surface area contributed by atoms with Crippen molar-refractivity contribution in [3.05, 3.63) is 0 Å². The van der Waals surface area contributed by atoms with Gasteiger partial charge in [0.1, 0.15) is 6.10 Å². The first kappa shape index (κ1) is 11.4. The topological polar surface area (TPSA) is 44.8 Å². The van der Waals surface area contributed by atoms with E-state index in [0.29, 0.717) is 0 Å². The molecule has 4 nitrogen and oxygen atoms in total. The fourth-order valence-electron chi connectivity index (χ4n) is 1.29. The molecule has 5 heteroatoms. The van der Waals surface area contributed by atoms with E-state index in [1.54, 1.807) is 13.8 Å². The van der Waals surface area contributed by atoms with Gasteiger partial charge in [-0.2, -0.15) is 0 Å². The molecule has 0 aromatic rings. The molecule has 82 valence electrons. The smallest absolute Gasteiger partial charge is 0.346 e. The summed E-state index contributed by atoms with van der Waals surface area (Å²) in [6.45, 7) is 4.52. The Kier molecular flexibility index (Phi) is 2.83. The standard InChI is InChI=1S/C9H15FO4/c1-8(2)13-5-6(14-8)9(3,10)7(11)12-4/h6H,5H2,1-4H3/t6-,9-/m0/s1. The fraction of sp³-hybridized carbons (Fsp3) is 0.889. The van der Waals surface area contributed by atoms with Gasteiger partial charge in [-0.05, 0) is 20.8 Å². The summed E-state index contributed by atoms with van der Waals surface area (Å²) in [7, 11) is 1.14. The van der Waals surface area contributed by atoms with Crippen molar-refractivity contribution in [3.8, 4) is 0 Å². The highest BCUT2D eigenvalue weighted by Crippen LogP contribution is 2.31. The third-order valence-electron chi connectivity index (χ3n) is 2.20. The number of esters is 1. The normalized spacial score (nSPS) is 29.6. The van der Waals surface area contributed by atoms with Gasteiger partial charge in [-0.3, -0.25) is 0 Å². The number of ether oxygens (including phenoxy) is 3. The molecule has 0 spiro atoms. The summed E-state index contributed by atoms with van der Waals surface area (Å²) >= 11 is 0. The largest absolute Gasteiger partial charge is 0.467 e. The van der Waals surface area contributed by atoms with E-state index in [9.17, 15) is 9.18 Å². The van der Waals surface area contributed by atoms with Crippen molar-refractivity contribution >= 4 is 5.97 Å². The van der Waals surface area contributed by atoms with Gasteiger partial charge in [-0.1, -0.05) is 0 Å². The Bertz CT molecular complexity index is 237. The second-order valence-electron chi connectivity index (χ2n) is 3.88. The second-order valence-corrected chi connectivity index (χ2v) is 3.88. The molecular formula is C9H15FO4. The number of halogens is 1. The number of rotatable bonds is 2. The van der Waals surface area contributed by atoms with Crippen molar-refractivity contribution in [1.82, 2.24) is 0 Å². The van der Waals surface area contributed by atoms with Gasteiger partial charge in [0.2, 0.25) is 5.67 Å². The maximum atomic E-state index is 13.9. The van der Waals surface area contributed by atoms with E-state index in [1.165, 1.54) is 0 Å². The minimum atomic E-state index is -2.16. The van der Waals surface area contributed by atoms with Crippen LogP contribution in [0.2, 0.25) is 0 Å². The zero-order chi connectivity index (χ0) is 11.0. The molecule has 0 aromatic heterocycles. The van der Waals surface area contributed by atoms with Crippen molar-refractivity contribution in [2.75, 3.05) is 13.7 Å². The molecule has 0 saturated carbocycles. The summed E-state index contributed by atoms with van der Waals surface area (Å²) in [6, 6.07) is 0. The lowest BCUT2D eigenvalue weighted by molar-refractivity contribution is -0.176. The summed E-state index contributed by atoms with van der Waals surface area (Å²) in [5.74, 6) is -1.78. The third kappa shape index (κ3) is 2.04. The highest BCUT2D eigenvalue weighted by Gasteiger charge is 2.50. The van der Waals surface area contributed by atoms with Crippen LogP contribution in [0, 0.1) is 0 Å². The first-order valence-electron chi connectivity index (χ1n) is 4.39. The molecule has 1 fully saturated rings. The Morgan fingerprint density at radius 1 is 1.64 bits per heavy atom. The summed E-state index contributed by atoms with van der Waals surface area (Å²) in [4.78, 5) is 11.1. The van der Waals surface area contributed by atoms with Gasteiger partial charge in [0.05, 0.1) is 13.7 Å². The summed E-state index contributed by atoms with van der Waals surface area (Å²) in [5.41, 5.74) is -2.16. The van der Waals surface area contributed by atoms with E-state index in [4.69, 9.17) is 9.47 Å². The zero-order valence-electron chi connectivity index (χ0n) is 8.80. The molecule has 1 saturated heterocycles. The van der Waals surface area contributed by atoms with Crippen LogP contribution >= 0.6 is 0 Å². The SMILES string of the molecule is COC(=O)[C@@](C)(F)[C@@H]1COC(C)(C)O1. The van der Waals surface area contributed by atoms with Gasteiger partial charge in [0.15, 0.2) is 5.79 Å². The van der Waals surface area contributed by atoms with Crippen molar-refractivity contribution in [3.63, 3.8) is 0 Å². The van der Waals surface area contributed by atoms with Crippen LogP contribution in [0.15, 0.2) is 0 Å². The Morgan fingerprint density at radius 2 is 2.21 bits per heavy atom. The van der Waals surface area contributed by atoms with Gasteiger partial charge in [0.25, 0.3) is 0 Å². The van der Waals surface area contributed by atoms with Crippen molar-refractivity contribution in [1.29, 1.82) is 0 Å². The Hall–Kier alpha value is -0.680. The Morgan fingerprint density at radius 3 is 2.57 bits per heavy atom. The maximum absolute atomic E-state index is 13.9. The molecule has 1 aliphatic heterocycles. The molecule has 2 atom stereocenters. The summed E-state index contributed by atoms with van der Waals surface area (Å²) < 4.78 is 28.6. The summed E-state index contributed by atoms with van der Waals surface area (Å²) in [6.07, 6.45) is -0.912. The average Bonchev–Trinajstić information content (AvgIpc) is 2.45. The van der Waals surface area contributed by atoms with E-state index < -0.39 is 23.5 Å². The second kappa shape index (κ2) is 3.47.